The van der Waals surface area contributed by atoms with Crippen molar-refractivity contribution in [1.29, 1.82) is 0 Å². The Morgan fingerprint density at radius 2 is 1.95 bits per heavy atom. The van der Waals surface area contributed by atoms with E-state index in [1.165, 1.54) is 0 Å². The monoisotopic (exact) mass is 266 g/mol. The Morgan fingerprint density at radius 3 is 2.47 bits per heavy atom. The Labute approximate surface area is 113 Å². The molecule has 2 amide bonds. The Balaban J connectivity index is 1.72. The van der Waals surface area contributed by atoms with Gasteiger partial charge in [0, 0.05) is 25.2 Å². The number of nitrogens with zero attached hydrogens (tertiary/aromatic N) is 1. The van der Waals surface area contributed by atoms with Gasteiger partial charge < -0.3 is 16.8 Å². The Hall–Kier alpha value is -1.40. The number of hydrogen-bond acceptors (Lipinski definition) is 4. The van der Waals surface area contributed by atoms with Crippen LogP contribution in [-0.2, 0) is 9.59 Å². The fraction of sp³-hybridized carbons (Fsp3) is 0.692. The molecule has 0 saturated carbocycles. The van der Waals surface area contributed by atoms with Crippen molar-refractivity contribution >= 4 is 11.8 Å². The second-order valence-electron chi connectivity index (χ2n) is 5.42. The van der Waals surface area contributed by atoms with Gasteiger partial charge in [-0.2, -0.15) is 0 Å². The largest absolute Gasteiger partial charge is 0.369 e. The summed E-state index contributed by atoms with van der Waals surface area (Å²) < 4.78 is 0. The molecule has 0 aromatic heterocycles. The van der Waals surface area contributed by atoms with Crippen LogP contribution in [0.4, 0.5) is 0 Å². The van der Waals surface area contributed by atoms with Gasteiger partial charge in [0.2, 0.25) is 11.8 Å². The minimum atomic E-state index is -0.299. The molecular weight excluding hydrogens is 244 g/mol. The lowest BCUT2D eigenvalue weighted by Crippen LogP contribution is -2.47. The topological polar surface area (TPSA) is 101 Å². The van der Waals surface area contributed by atoms with Gasteiger partial charge in [-0.25, -0.2) is 0 Å². The summed E-state index contributed by atoms with van der Waals surface area (Å²) in [6, 6.07) is 0.204. The first kappa shape index (κ1) is 14.0. The zero-order valence-electron chi connectivity index (χ0n) is 11.0. The van der Waals surface area contributed by atoms with Gasteiger partial charge in [0.15, 0.2) is 0 Å². The maximum absolute atomic E-state index is 12.0. The molecule has 2 aliphatic rings. The van der Waals surface area contributed by atoms with Crippen molar-refractivity contribution in [2.45, 2.75) is 31.3 Å². The highest BCUT2D eigenvalue weighted by Gasteiger charge is 2.26. The first-order chi connectivity index (χ1) is 9.04. The summed E-state index contributed by atoms with van der Waals surface area (Å²) in [5.41, 5.74) is 10.9. The van der Waals surface area contributed by atoms with E-state index >= 15 is 0 Å². The highest BCUT2D eigenvalue weighted by atomic mass is 16.2. The van der Waals surface area contributed by atoms with E-state index in [9.17, 15) is 9.59 Å². The quantitative estimate of drug-likeness (QED) is 0.565. The molecule has 2 atom stereocenters. The number of amides is 2. The van der Waals surface area contributed by atoms with E-state index < -0.39 is 0 Å². The third-order valence-electron chi connectivity index (χ3n) is 3.77. The van der Waals surface area contributed by atoms with Crippen molar-refractivity contribution < 1.29 is 9.59 Å². The molecule has 1 saturated heterocycles. The maximum Gasteiger partial charge on any atom is 0.231 e. The van der Waals surface area contributed by atoms with Crippen molar-refractivity contribution in [3.63, 3.8) is 0 Å². The third kappa shape index (κ3) is 4.04. The van der Waals surface area contributed by atoms with Crippen LogP contribution in [0, 0.1) is 5.92 Å². The van der Waals surface area contributed by atoms with Crippen molar-refractivity contribution in [2.24, 2.45) is 17.4 Å². The summed E-state index contributed by atoms with van der Waals surface area (Å²) in [7, 11) is 0. The molecule has 106 valence electrons. The zero-order chi connectivity index (χ0) is 13.8. The van der Waals surface area contributed by atoms with Crippen LogP contribution < -0.4 is 16.8 Å². The van der Waals surface area contributed by atoms with E-state index in [4.69, 9.17) is 11.5 Å². The predicted octanol–water partition coefficient (Wildman–Crippen LogP) is -1.04. The average Bonchev–Trinajstić information content (AvgIpc) is 2.78. The molecule has 6 heteroatoms. The smallest absolute Gasteiger partial charge is 0.231 e. The Morgan fingerprint density at radius 1 is 1.26 bits per heavy atom. The van der Waals surface area contributed by atoms with Crippen LogP contribution in [0.15, 0.2) is 12.2 Å². The van der Waals surface area contributed by atoms with Crippen LogP contribution in [0.5, 0.6) is 0 Å². The first-order valence-electron chi connectivity index (χ1n) is 6.79. The summed E-state index contributed by atoms with van der Waals surface area (Å²) in [6.45, 7) is 1.91. The number of piperidine rings is 1. The van der Waals surface area contributed by atoms with Crippen LogP contribution in [0.3, 0.4) is 0 Å². The molecule has 1 aliphatic heterocycles. The molecule has 0 aromatic carbocycles. The number of primary amides is 1. The number of nitrogens with one attached hydrogen (secondary N) is 1. The lowest BCUT2D eigenvalue weighted by molar-refractivity contribution is -0.125. The molecule has 2 rings (SSSR count). The van der Waals surface area contributed by atoms with Gasteiger partial charge in [0.1, 0.15) is 0 Å². The maximum atomic E-state index is 12.0. The molecule has 2 unspecified atom stereocenters. The van der Waals surface area contributed by atoms with E-state index in [1.807, 2.05) is 17.1 Å². The number of carbonyl (C=O) groups is 2. The van der Waals surface area contributed by atoms with Crippen molar-refractivity contribution in [3.05, 3.63) is 12.2 Å². The second-order valence-corrected chi connectivity index (χ2v) is 5.42. The lowest BCUT2D eigenvalue weighted by atomic mass is 10.0. The summed E-state index contributed by atoms with van der Waals surface area (Å²) in [5.74, 6) is -0.316. The number of likely N-dealkylation sites (tertiary alicyclic amines) is 1. The lowest BCUT2D eigenvalue weighted by Gasteiger charge is -2.31. The normalized spacial score (nSPS) is 28.5. The SMILES string of the molecule is NC(=O)CN1CCC(NC(=O)C2C=CC(N)C2)CC1. The van der Waals surface area contributed by atoms with Crippen LogP contribution >= 0.6 is 0 Å². The van der Waals surface area contributed by atoms with Gasteiger partial charge in [-0.1, -0.05) is 12.2 Å². The first-order valence-corrected chi connectivity index (χ1v) is 6.79. The fourth-order valence-electron chi connectivity index (χ4n) is 2.69. The van der Waals surface area contributed by atoms with Crippen molar-refractivity contribution in [3.8, 4) is 0 Å². The number of hydrogen-bond donors (Lipinski definition) is 3. The molecule has 0 bridgehead atoms. The molecule has 0 spiro atoms. The van der Waals surface area contributed by atoms with Gasteiger partial charge >= 0.3 is 0 Å². The van der Waals surface area contributed by atoms with Gasteiger partial charge in [-0.3, -0.25) is 14.5 Å². The molecule has 1 heterocycles. The van der Waals surface area contributed by atoms with E-state index in [1.54, 1.807) is 0 Å². The Kier molecular flexibility index (Phi) is 4.55. The van der Waals surface area contributed by atoms with Crippen LogP contribution in [0.1, 0.15) is 19.3 Å². The van der Waals surface area contributed by atoms with Gasteiger partial charge in [-0.15, -0.1) is 0 Å². The fourth-order valence-corrected chi connectivity index (χ4v) is 2.69. The number of nitrogens with two attached hydrogens (primary N) is 2. The minimum absolute atomic E-state index is 0.00756. The third-order valence-corrected chi connectivity index (χ3v) is 3.77. The molecular formula is C13H22N4O2. The summed E-state index contributed by atoms with van der Waals surface area (Å²) in [5, 5.41) is 3.07. The van der Waals surface area contributed by atoms with Gasteiger partial charge in [0.25, 0.3) is 0 Å². The molecule has 1 fully saturated rings. The molecule has 1 aliphatic carbocycles. The van der Waals surface area contributed by atoms with Gasteiger partial charge in [0.05, 0.1) is 12.5 Å². The van der Waals surface area contributed by atoms with E-state index in [0.29, 0.717) is 13.0 Å². The van der Waals surface area contributed by atoms with E-state index in [0.717, 1.165) is 25.9 Å². The van der Waals surface area contributed by atoms with Crippen LogP contribution in [0.2, 0.25) is 0 Å². The van der Waals surface area contributed by atoms with Crippen LogP contribution in [0.25, 0.3) is 0 Å². The minimum Gasteiger partial charge on any atom is -0.369 e. The highest BCUT2D eigenvalue weighted by molar-refractivity contribution is 5.81. The number of rotatable bonds is 4. The molecule has 0 aromatic rings. The van der Waals surface area contributed by atoms with Crippen molar-refractivity contribution in [2.75, 3.05) is 19.6 Å². The summed E-state index contributed by atoms with van der Waals surface area (Å²) in [6.07, 6.45) is 6.21. The van der Waals surface area contributed by atoms with E-state index in [2.05, 4.69) is 5.32 Å². The summed E-state index contributed by atoms with van der Waals surface area (Å²) in [4.78, 5) is 24.9. The second kappa shape index (κ2) is 6.16. The molecule has 5 N–H and O–H groups in total. The summed E-state index contributed by atoms with van der Waals surface area (Å²) >= 11 is 0. The van der Waals surface area contributed by atoms with Gasteiger partial charge in [-0.05, 0) is 19.3 Å². The van der Waals surface area contributed by atoms with Crippen LogP contribution in [-0.4, -0.2) is 48.4 Å². The predicted molar refractivity (Wildman–Crippen MR) is 72.0 cm³/mol. The number of carbonyl (C=O) groups excluding carboxylic acids is 2. The van der Waals surface area contributed by atoms with Crippen molar-refractivity contribution in [1.82, 2.24) is 10.2 Å². The Bertz CT molecular complexity index is 375. The highest BCUT2D eigenvalue weighted by Crippen LogP contribution is 2.18. The average molecular weight is 266 g/mol. The standard InChI is InChI=1S/C13H22N4O2/c14-10-2-1-9(7-10)13(19)16-11-3-5-17(6-4-11)8-12(15)18/h1-2,9-11H,3-8,14H2,(H2,15,18)(H,16,19). The molecule has 6 nitrogen and oxygen atoms in total. The molecule has 19 heavy (non-hydrogen) atoms. The molecule has 0 radical (unpaired) electrons. The van der Waals surface area contributed by atoms with E-state index in [-0.39, 0.29) is 29.8 Å². The zero-order valence-corrected chi connectivity index (χ0v) is 11.0.